The number of thioether (sulfide) groups is 1. The molecule has 8 nitrogen and oxygen atoms in total. The highest BCUT2D eigenvalue weighted by molar-refractivity contribution is 7.99. The van der Waals surface area contributed by atoms with E-state index < -0.39 is 5.97 Å². The van der Waals surface area contributed by atoms with Crippen molar-refractivity contribution in [3.8, 4) is 0 Å². The van der Waals surface area contributed by atoms with E-state index in [1.807, 2.05) is 20.8 Å². The van der Waals surface area contributed by atoms with Gasteiger partial charge in [0, 0.05) is 5.69 Å². The lowest BCUT2D eigenvalue weighted by molar-refractivity contribution is -0.113. The van der Waals surface area contributed by atoms with Gasteiger partial charge in [-0.25, -0.2) is 9.48 Å². The van der Waals surface area contributed by atoms with Crippen LogP contribution in [0.5, 0.6) is 0 Å². The van der Waals surface area contributed by atoms with E-state index in [1.165, 1.54) is 18.9 Å². The molecular formula is C16H21N5O3S. The van der Waals surface area contributed by atoms with Gasteiger partial charge >= 0.3 is 5.97 Å². The molecule has 134 valence electrons. The van der Waals surface area contributed by atoms with Crippen LogP contribution in [0.3, 0.4) is 0 Å². The fraction of sp³-hybridized carbons (Fsp3) is 0.438. The van der Waals surface area contributed by atoms with E-state index in [1.54, 1.807) is 22.9 Å². The molecule has 2 rings (SSSR count). The molecule has 0 saturated carbocycles. The average Bonchev–Trinajstić information content (AvgIpc) is 3.04. The molecule has 0 aliphatic carbocycles. The summed E-state index contributed by atoms with van der Waals surface area (Å²) in [7, 11) is 1.33. The highest BCUT2D eigenvalue weighted by Gasteiger charge is 2.13. The maximum absolute atomic E-state index is 12.1. The molecule has 0 fully saturated rings. The van der Waals surface area contributed by atoms with E-state index in [0.29, 0.717) is 17.0 Å². The minimum atomic E-state index is -0.427. The normalized spacial score (nSPS) is 10.8. The summed E-state index contributed by atoms with van der Waals surface area (Å²) in [6, 6.07) is 5.31. The van der Waals surface area contributed by atoms with Gasteiger partial charge in [-0.15, -0.1) is 16.9 Å². The molecule has 1 aromatic heterocycles. The van der Waals surface area contributed by atoms with Crippen molar-refractivity contribution in [3.63, 3.8) is 0 Å². The highest BCUT2D eigenvalue weighted by atomic mass is 32.2. The van der Waals surface area contributed by atoms with Crippen molar-refractivity contribution in [2.24, 2.45) is 0 Å². The van der Waals surface area contributed by atoms with E-state index in [4.69, 9.17) is 4.74 Å². The standard InChI is InChI=1S/C16H21N5O3S/c1-10(2)21-14(18-19-20-21)8-25-9-15(22)17-12-6-5-11(3)13(7-12)16(23)24-4/h5-7,10H,8-9H2,1-4H3,(H,17,22). The summed E-state index contributed by atoms with van der Waals surface area (Å²) < 4.78 is 6.47. The largest absolute Gasteiger partial charge is 0.465 e. The number of benzene rings is 1. The van der Waals surface area contributed by atoms with Crippen LogP contribution in [0.1, 0.15) is 41.6 Å². The Morgan fingerprint density at radius 2 is 2.12 bits per heavy atom. The number of anilines is 1. The number of aromatic nitrogens is 4. The zero-order valence-electron chi connectivity index (χ0n) is 14.6. The molecule has 0 bridgehead atoms. The number of carbonyl (C=O) groups excluding carboxylic acids is 2. The summed E-state index contributed by atoms with van der Waals surface area (Å²) >= 11 is 1.42. The van der Waals surface area contributed by atoms with Crippen molar-refractivity contribution >= 4 is 29.3 Å². The van der Waals surface area contributed by atoms with Gasteiger partial charge in [0.05, 0.1) is 30.2 Å². The monoisotopic (exact) mass is 363 g/mol. The zero-order chi connectivity index (χ0) is 18.4. The fourth-order valence-corrected chi connectivity index (χ4v) is 2.90. The number of nitrogens with one attached hydrogen (secondary N) is 1. The third kappa shape index (κ3) is 5.02. The molecule has 1 heterocycles. The third-order valence-electron chi connectivity index (χ3n) is 3.44. The van der Waals surface area contributed by atoms with Gasteiger partial charge in [-0.05, 0) is 48.9 Å². The predicted octanol–water partition coefficient (Wildman–Crippen LogP) is 2.22. The molecule has 0 spiro atoms. The molecule has 1 aromatic carbocycles. The van der Waals surface area contributed by atoms with Gasteiger partial charge in [0.25, 0.3) is 0 Å². The van der Waals surface area contributed by atoms with Gasteiger partial charge in [0.2, 0.25) is 5.91 Å². The number of hydrogen-bond donors (Lipinski definition) is 1. The minimum Gasteiger partial charge on any atom is -0.465 e. The number of tetrazole rings is 1. The van der Waals surface area contributed by atoms with Crippen LogP contribution < -0.4 is 5.32 Å². The number of carbonyl (C=O) groups is 2. The second-order valence-corrected chi connectivity index (χ2v) is 6.68. The number of methoxy groups -OCH3 is 1. The second-order valence-electron chi connectivity index (χ2n) is 5.70. The lowest BCUT2D eigenvalue weighted by atomic mass is 10.1. The van der Waals surface area contributed by atoms with Gasteiger partial charge in [-0.2, -0.15) is 0 Å². The summed E-state index contributed by atoms with van der Waals surface area (Å²) in [4.78, 5) is 23.8. The molecule has 0 saturated heterocycles. The first-order valence-electron chi connectivity index (χ1n) is 7.75. The first kappa shape index (κ1) is 18.9. The Kier molecular flexibility index (Phi) is 6.51. The van der Waals surface area contributed by atoms with Crippen LogP contribution in [0.15, 0.2) is 18.2 Å². The lowest BCUT2D eigenvalue weighted by Crippen LogP contribution is -2.15. The number of hydrogen-bond acceptors (Lipinski definition) is 7. The maximum Gasteiger partial charge on any atom is 0.338 e. The van der Waals surface area contributed by atoms with E-state index in [2.05, 4.69) is 20.8 Å². The molecule has 1 N–H and O–H groups in total. The van der Waals surface area contributed by atoms with Gasteiger partial charge in [0.15, 0.2) is 5.82 Å². The van der Waals surface area contributed by atoms with Crippen LogP contribution in [0.2, 0.25) is 0 Å². The SMILES string of the molecule is COC(=O)c1cc(NC(=O)CSCc2nnnn2C(C)C)ccc1C. The Hall–Kier alpha value is -2.42. The van der Waals surface area contributed by atoms with Gasteiger partial charge in [-0.3, -0.25) is 4.79 Å². The predicted molar refractivity (Wildman–Crippen MR) is 95.5 cm³/mol. The van der Waals surface area contributed by atoms with Crippen molar-refractivity contribution in [2.45, 2.75) is 32.6 Å². The van der Waals surface area contributed by atoms with Crippen LogP contribution in [-0.4, -0.2) is 44.9 Å². The van der Waals surface area contributed by atoms with Crippen LogP contribution in [-0.2, 0) is 15.3 Å². The van der Waals surface area contributed by atoms with E-state index in [0.717, 1.165) is 11.4 Å². The van der Waals surface area contributed by atoms with Gasteiger partial charge < -0.3 is 10.1 Å². The molecule has 0 atom stereocenters. The van der Waals surface area contributed by atoms with Crippen molar-refractivity contribution in [2.75, 3.05) is 18.2 Å². The minimum absolute atomic E-state index is 0.159. The average molecular weight is 363 g/mol. The molecule has 0 aliphatic rings. The molecular weight excluding hydrogens is 342 g/mol. The number of amides is 1. The van der Waals surface area contributed by atoms with Crippen molar-refractivity contribution in [1.82, 2.24) is 20.2 Å². The van der Waals surface area contributed by atoms with Crippen molar-refractivity contribution in [3.05, 3.63) is 35.2 Å². The summed E-state index contributed by atoms with van der Waals surface area (Å²) in [5.74, 6) is 0.944. The highest BCUT2D eigenvalue weighted by Crippen LogP contribution is 2.17. The number of esters is 1. The summed E-state index contributed by atoms with van der Waals surface area (Å²) in [6.07, 6.45) is 0. The molecule has 2 aromatic rings. The Labute approximate surface area is 150 Å². The fourth-order valence-electron chi connectivity index (χ4n) is 2.17. The van der Waals surface area contributed by atoms with Crippen LogP contribution in [0, 0.1) is 6.92 Å². The summed E-state index contributed by atoms with van der Waals surface area (Å²) in [5.41, 5.74) is 1.78. The number of aryl methyl sites for hydroxylation is 1. The smallest absolute Gasteiger partial charge is 0.338 e. The molecule has 0 aliphatic heterocycles. The Bertz CT molecular complexity index is 760. The van der Waals surface area contributed by atoms with Crippen molar-refractivity contribution < 1.29 is 14.3 Å². The van der Waals surface area contributed by atoms with Gasteiger partial charge in [0.1, 0.15) is 0 Å². The van der Waals surface area contributed by atoms with Crippen molar-refractivity contribution in [1.29, 1.82) is 0 Å². The third-order valence-corrected chi connectivity index (χ3v) is 4.37. The van der Waals surface area contributed by atoms with Crippen LogP contribution in [0.25, 0.3) is 0 Å². The topological polar surface area (TPSA) is 99.0 Å². The quantitative estimate of drug-likeness (QED) is 0.753. The van der Waals surface area contributed by atoms with E-state index >= 15 is 0 Å². The Morgan fingerprint density at radius 1 is 1.36 bits per heavy atom. The molecule has 1 amide bonds. The first-order chi connectivity index (χ1) is 11.9. The summed E-state index contributed by atoms with van der Waals surface area (Å²) in [6.45, 7) is 5.80. The zero-order valence-corrected chi connectivity index (χ0v) is 15.5. The van der Waals surface area contributed by atoms with Crippen LogP contribution >= 0.6 is 11.8 Å². The molecule has 0 unspecified atom stereocenters. The van der Waals surface area contributed by atoms with E-state index in [9.17, 15) is 9.59 Å². The molecule has 0 radical (unpaired) electrons. The molecule has 25 heavy (non-hydrogen) atoms. The molecule has 9 heteroatoms. The Morgan fingerprint density at radius 3 is 2.80 bits per heavy atom. The van der Waals surface area contributed by atoms with Crippen LogP contribution in [0.4, 0.5) is 5.69 Å². The first-order valence-corrected chi connectivity index (χ1v) is 8.91. The number of nitrogens with zero attached hydrogens (tertiary/aromatic N) is 4. The summed E-state index contributed by atoms with van der Waals surface area (Å²) in [5, 5.41) is 14.3. The Balaban J connectivity index is 1.90. The maximum atomic E-state index is 12.1. The lowest BCUT2D eigenvalue weighted by Gasteiger charge is -2.09. The second kappa shape index (κ2) is 8.61. The number of ether oxygens (including phenoxy) is 1. The van der Waals surface area contributed by atoms with E-state index in [-0.39, 0.29) is 17.7 Å². The number of rotatable bonds is 7. The van der Waals surface area contributed by atoms with Gasteiger partial charge in [-0.1, -0.05) is 6.07 Å².